The van der Waals surface area contributed by atoms with Gasteiger partial charge in [0, 0.05) is 17.1 Å². The van der Waals surface area contributed by atoms with Crippen LogP contribution < -0.4 is 4.90 Å². The molecule has 0 saturated heterocycles. The average molecular weight is 664 g/mol. The van der Waals surface area contributed by atoms with E-state index in [1.165, 1.54) is 103 Å². The first-order valence-electron chi connectivity index (χ1n) is 18.7. The zero-order valence-electron chi connectivity index (χ0n) is 29.0. The molecule has 52 heavy (non-hydrogen) atoms. The molecule has 3 aliphatic carbocycles. The molecule has 8 aromatic rings. The van der Waals surface area contributed by atoms with Crippen molar-refractivity contribution < 1.29 is 0 Å². The summed E-state index contributed by atoms with van der Waals surface area (Å²) < 4.78 is 0. The van der Waals surface area contributed by atoms with Crippen LogP contribution in [0.1, 0.15) is 46.2 Å². The SMILES string of the molecule is c1ccc(N(c2ccc(-c3cccc4c3CCCC4)cc2)c2ccc3c(c2)C2(c4ccccc4-c4ccccc42)c2c-3ccc3ccccc23)cc1. The molecule has 0 aliphatic heterocycles. The Kier molecular flexibility index (Phi) is 6.49. The molecule has 0 fully saturated rings. The molecule has 8 aromatic carbocycles. The molecule has 1 spiro atoms. The number of rotatable bonds is 4. The molecular formula is C51H37N. The Morgan fingerprint density at radius 3 is 1.83 bits per heavy atom. The molecule has 0 radical (unpaired) electrons. The van der Waals surface area contributed by atoms with Crippen LogP contribution in [0.4, 0.5) is 17.1 Å². The number of hydrogen-bond donors (Lipinski definition) is 0. The van der Waals surface area contributed by atoms with Gasteiger partial charge in [-0.2, -0.15) is 0 Å². The normalized spacial score (nSPS) is 14.4. The second-order valence-electron chi connectivity index (χ2n) is 14.6. The highest BCUT2D eigenvalue weighted by Crippen LogP contribution is 2.64. The molecule has 1 nitrogen and oxygen atoms in total. The predicted molar refractivity (Wildman–Crippen MR) is 217 cm³/mol. The summed E-state index contributed by atoms with van der Waals surface area (Å²) in [5, 5.41) is 2.60. The summed E-state index contributed by atoms with van der Waals surface area (Å²) in [6, 6.07) is 66.1. The number of hydrogen-bond acceptors (Lipinski definition) is 1. The molecule has 0 unspecified atom stereocenters. The van der Waals surface area contributed by atoms with Crippen LogP contribution in [-0.4, -0.2) is 0 Å². The second kappa shape index (κ2) is 11.4. The third-order valence-electron chi connectivity index (χ3n) is 12.1. The van der Waals surface area contributed by atoms with E-state index in [0.29, 0.717) is 0 Å². The van der Waals surface area contributed by atoms with E-state index in [9.17, 15) is 0 Å². The minimum Gasteiger partial charge on any atom is -0.310 e. The second-order valence-corrected chi connectivity index (χ2v) is 14.6. The molecule has 0 saturated carbocycles. The fourth-order valence-electron chi connectivity index (χ4n) is 9.91. The summed E-state index contributed by atoms with van der Waals surface area (Å²) >= 11 is 0. The van der Waals surface area contributed by atoms with Crippen molar-refractivity contribution in [3.8, 4) is 33.4 Å². The number of aryl methyl sites for hydroxylation is 1. The van der Waals surface area contributed by atoms with Gasteiger partial charge in [-0.25, -0.2) is 0 Å². The summed E-state index contributed by atoms with van der Waals surface area (Å²) in [7, 11) is 0. The molecule has 246 valence electrons. The van der Waals surface area contributed by atoms with Crippen molar-refractivity contribution in [2.24, 2.45) is 0 Å². The van der Waals surface area contributed by atoms with Crippen molar-refractivity contribution in [1.82, 2.24) is 0 Å². The van der Waals surface area contributed by atoms with Crippen molar-refractivity contribution >= 4 is 27.8 Å². The minimum absolute atomic E-state index is 0.437. The summed E-state index contributed by atoms with van der Waals surface area (Å²) in [4.78, 5) is 2.44. The molecule has 0 atom stereocenters. The first kappa shape index (κ1) is 29.5. The van der Waals surface area contributed by atoms with Gasteiger partial charge in [-0.3, -0.25) is 0 Å². The largest absolute Gasteiger partial charge is 0.310 e. The lowest BCUT2D eigenvalue weighted by Crippen LogP contribution is -2.26. The molecule has 0 bridgehead atoms. The highest BCUT2D eigenvalue weighted by molar-refractivity contribution is 6.04. The first-order valence-corrected chi connectivity index (χ1v) is 18.7. The molecule has 0 amide bonds. The Morgan fingerprint density at radius 2 is 1.02 bits per heavy atom. The van der Waals surface area contributed by atoms with E-state index in [1.807, 2.05) is 0 Å². The van der Waals surface area contributed by atoms with E-state index in [-0.39, 0.29) is 0 Å². The van der Waals surface area contributed by atoms with Crippen molar-refractivity contribution in [3.05, 3.63) is 209 Å². The summed E-state index contributed by atoms with van der Waals surface area (Å²) in [6.07, 6.45) is 4.93. The van der Waals surface area contributed by atoms with Gasteiger partial charge >= 0.3 is 0 Å². The van der Waals surface area contributed by atoms with Crippen LogP contribution in [0.2, 0.25) is 0 Å². The molecular weight excluding hydrogens is 627 g/mol. The Morgan fingerprint density at radius 1 is 0.404 bits per heavy atom. The van der Waals surface area contributed by atoms with E-state index in [1.54, 1.807) is 0 Å². The van der Waals surface area contributed by atoms with Gasteiger partial charge in [0.15, 0.2) is 0 Å². The third kappa shape index (κ3) is 4.11. The van der Waals surface area contributed by atoms with Gasteiger partial charge in [-0.1, -0.05) is 140 Å². The van der Waals surface area contributed by atoms with E-state index in [4.69, 9.17) is 0 Å². The van der Waals surface area contributed by atoms with Gasteiger partial charge in [-0.05, 0) is 140 Å². The van der Waals surface area contributed by atoms with Gasteiger partial charge in [0.1, 0.15) is 0 Å². The summed E-state index contributed by atoms with van der Waals surface area (Å²) in [5.41, 5.74) is 19.5. The standard InChI is InChI=1S/C51H37N/c1-2-16-37(17-3-1)52(38-28-25-36(26-29-38)41-22-12-15-34-13-4-6-18-40(34)41)39-30-32-45-46-31-27-35-14-5-7-19-42(35)50(46)51(49(45)33-39)47-23-10-8-20-43(47)44-21-9-11-24-48(44)51/h1-3,5,7-12,14-17,19-33H,4,6,13,18H2. The lowest BCUT2D eigenvalue weighted by atomic mass is 9.69. The Balaban J connectivity index is 1.14. The van der Waals surface area contributed by atoms with Crippen LogP contribution in [0.25, 0.3) is 44.2 Å². The quantitative estimate of drug-likeness (QED) is 0.181. The molecule has 3 aliphatic rings. The highest BCUT2D eigenvalue weighted by Gasteiger charge is 2.52. The van der Waals surface area contributed by atoms with Crippen LogP contribution >= 0.6 is 0 Å². The fraction of sp³-hybridized carbons (Fsp3) is 0.0980. The number of anilines is 3. The van der Waals surface area contributed by atoms with Crippen molar-refractivity contribution in [1.29, 1.82) is 0 Å². The van der Waals surface area contributed by atoms with Crippen LogP contribution in [0.3, 0.4) is 0 Å². The number of fused-ring (bicyclic) bond motifs is 13. The van der Waals surface area contributed by atoms with Crippen LogP contribution in [0.15, 0.2) is 176 Å². The lowest BCUT2D eigenvalue weighted by Gasteiger charge is -2.33. The smallest absolute Gasteiger partial charge is 0.0732 e. The number of para-hydroxylation sites is 1. The monoisotopic (exact) mass is 663 g/mol. The maximum atomic E-state index is 2.50. The maximum absolute atomic E-state index is 2.50. The van der Waals surface area contributed by atoms with E-state index >= 15 is 0 Å². The topological polar surface area (TPSA) is 3.24 Å². The van der Waals surface area contributed by atoms with Crippen molar-refractivity contribution in [3.63, 3.8) is 0 Å². The highest BCUT2D eigenvalue weighted by atomic mass is 15.1. The summed E-state index contributed by atoms with van der Waals surface area (Å²) in [6.45, 7) is 0. The molecule has 0 N–H and O–H groups in total. The van der Waals surface area contributed by atoms with Gasteiger partial charge < -0.3 is 4.90 Å². The summed E-state index contributed by atoms with van der Waals surface area (Å²) in [5.74, 6) is 0. The first-order chi connectivity index (χ1) is 25.8. The Labute approximate surface area is 305 Å². The molecule has 1 heteroatoms. The van der Waals surface area contributed by atoms with Crippen LogP contribution in [0, 0.1) is 0 Å². The van der Waals surface area contributed by atoms with E-state index < -0.39 is 5.41 Å². The lowest BCUT2D eigenvalue weighted by molar-refractivity contribution is 0.687. The Hall–Kier alpha value is -6.18. The zero-order valence-corrected chi connectivity index (χ0v) is 29.0. The van der Waals surface area contributed by atoms with Crippen LogP contribution in [-0.2, 0) is 18.3 Å². The van der Waals surface area contributed by atoms with Gasteiger partial charge in [0.2, 0.25) is 0 Å². The van der Waals surface area contributed by atoms with E-state index in [2.05, 4.69) is 181 Å². The molecule has 0 aromatic heterocycles. The third-order valence-corrected chi connectivity index (χ3v) is 12.1. The number of benzene rings is 8. The zero-order chi connectivity index (χ0) is 34.2. The minimum atomic E-state index is -0.437. The predicted octanol–water partition coefficient (Wildman–Crippen LogP) is 13.2. The van der Waals surface area contributed by atoms with Gasteiger partial charge in [0.25, 0.3) is 0 Å². The fourth-order valence-corrected chi connectivity index (χ4v) is 9.91. The van der Waals surface area contributed by atoms with E-state index in [0.717, 1.165) is 17.1 Å². The van der Waals surface area contributed by atoms with Gasteiger partial charge in [0.05, 0.1) is 5.41 Å². The molecule has 0 heterocycles. The Bertz CT molecular complexity index is 2640. The molecule has 11 rings (SSSR count). The van der Waals surface area contributed by atoms with Crippen molar-refractivity contribution in [2.75, 3.05) is 4.90 Å². The maximum Gasteiger partial charge on any atom is 0.0732 e. The van der Waals surface area contributed by atoms with Gasteiger partial charge in [-0.15, -0.1) is 0 Å². The van der Waals surface area contributed by atoms with Crippen molar-refractivity contribution in [2.45, 2.75) is 31.1 Å². The van der Waals surface area contributed by atoms with Crippen LogP contribution in [0.5, 0.6) is 0 Å². The average Bonchev–Trinajstić information content (AvgIpc) is 3.69. The number of nitrogens with zero attached hydrogens (tertiary/aromatic N) is 1.